The number of hydrogen-bond donors (Lipinski definition) is 2. The number of unbranched alkanes of at least 4 members (excludes halogenated alkanes) is 1. The highest BCUT2D eigenvalue weighted by molar-refractivity contribution is 7.99. The summed E-state index contributed by atoms with van der Waals surface area (Å²) in [5.41, 5.74) is 8.41. The summed E-state index contributed by atoms with van der Waals surface area (Å²) in [5.74, 6) is 1.53. The molecule has 1 unspecified atom stereocenters. The van der Waals surface area contributed by atoms with Crippen molar-refractivity contribution in [2.75, 3.05) is 11.1 Å². The fourth-order valence-electron chi connectivity index (χ4n) is 3.74. The van der Waals surface area contributed by atoms with Crippen LogP contribution in [0.2, 0.25) is 10.0 Å². The number of aromatic nitrogens is 3. The monoisotopic (exact) mass is 517 g/mol. The molecule has 1 aliphatic heterocycles. The summed E-state index contributed by atoms with van der Waals surface area (Å²) < 4.78 is 7.88. The summed E-state index contributed by atoms with van der Waals surface area (Å²) in [6, 6.07) is 12.2. The Morgan fingerprint density at radius 1 is 1.26 bits per heavy atom. The first kappa shape index (κ1) is 24.4. The van der Waals surface area contributed by atoms with Crippen LogP contribution in [0.4, 0.5) is 5.95 Å². The quantitative estimate of drug-likeness (QED) is 0.273. The maximum Gasteiger partial charge on any atom is 0.248 e. The zero-order valence-corrected chi connectivity index (χ0v) is 21.2. The third-order valence-corrected chi connectivity index (χ3v) is 6.95. The number of nitrogens with one attached hydrogen (secondary N) is 1. The van der Waals surface area contributed by atoms with Crippen LogP contribution in [-0.2, 0) is 11.4 Å². The molecule has 0 spiro atoms. The molecule has 1 aromatic heterocycles. The predicted octanol–water partition coefficient (Wildman–Crippen LogP) is 5.83. The first-order valence-corrected chi connectivity index (χ1v) is 12.7. The number of nitrogens with two attached hydrogens (primary N) is 1. The third-order valence-electron chi connectivity index (χ3n) is 5.44. The number of amides is 1. The van der Waals surface area contributed by atoms with Crippen molar-refractivity contribution in [1.82, 2.24) is 14.8 Å². The second-order valence-electron chi connectivity index (χ2n) is 7.86. The van der Waals surface area contributed by atoms with E-state index in [1.54, 1.807) is 28.6 Å². The van der Waals surface area contributed by atoms with Crippen LogP contribution in [0.1, 0.15) is 43.9 Å². The lowest BCUT2D eigenvalue weighted by atomic mass is 9.94. The van der Waals surface area contributed by atoms with E-state index in [9.17, 15) is 4.79 Å². The summed E-state index contributed by atoms with van der Waals surface area (Å²) in [7, 11) is 0. The number of primary amides is 1. The molecule has 0 bridgehead atoms. The van der Waals surface area contributed by atoms with Gasteiger partial charge >= 0.3 is 0 Å². The molecule has 2 aromatic carbocycles. The van der Waals surface area contributed by atoms with Gasteiger partial charge in [-0.05, 0) is 31.5 Å². The Kier molecular flexibility index (Phi) is 7.70. The second kappa shape index (κ2) is 10.7. The molecule has 0 aliphatic carbocycles. The average molecular weight is 518 g/mol. The number of halogens is 2. The lowest BCUT2D eigenvalue weighted by Crippen LogP contribution is -2.32. The van der Waals surface area contributed by atoms with Gasteiger partial charge in [-0.2, -0.15) is 4.98 Å². The number of para-hydroxylation sites is 1. The van der Waals surface area contributed by atoms with Crippen LogP contribution in [0.5, 0.6) is 5.75 Å². The Morgan fingerprint density at radius 2 is 2.06 bits per heavy atom. The maximum atomic E-state index is 12.5. The number of rotatable bonds is 9. The van der Waals surface area contributed by atoms with E-state index in [0.29, 0.717) is 38.2 Å². The van der Waals surface area contributed by atoms with Crippen LogP contribution in [0, 0.1) is 0 Å². The second-order valence-corrected chi connectivity index (χ2v) is 9.76. The molecule has 7 nitrogen and oxygen atoms in total. The number of carbonyl (C=O) groups is 1. The molecule has 3 aromatic rings. The zero-order valence-electron chi connectivity index (χ0n) is 18.8. The molecule has 0 saturated carbocycles. The van der Waals surface area contributed by atoms with E-state index in [1.807, 2.05) is 37.3 Å². The largest absolute Gasteiger partial charge is 0.488 e. The van der Waals surface area contributed by atoms with Crippen molar-refractivity contribution in [2.24, 2.45) is 5.73 Å². The van der Waals surface area contributed by atoms with Gasteiger partial charge < -0.3 is 15.8 Å². The van der Waals surface area contributed by atoms with Gasteiger partial charge in [0.1, 0.15) is 18.4 Å². The Bertz CT molecular complexity index is 1240. The molecule has 4 rings (SSSR count). The molecule has 178 valence electrons. The molecule has 0 saturated heterocycles. The number of benzene rings is 2. The van der Waals surface area contributed by atoms with Crippen molar-refractivity contribution in [2.45, 2.75) is 44.5 Å². The van der Waals surface area contributed by atoms with Gasteiger partial charge in [0.2, 0.25) is 17.0 Å². The van der Waals surface area contributed by atoms with Gasteiger partial charge in [-0.1, -0.05) is 72.6 Å². The van der Waals surface area contributed by atoms with Gasteiger partial charge in [0, 0.05) is 32.6 Å². The van der Waals surface area contributed by atoms with Crippen LogP contribution in [0.25, 0.3) is 0 Å². The van der Waals surface area contributed by atoms with Crippen LogP contribution in [-0.4, -0.2) is 26.4 Å². The standard InChI is InChI=1S/C24H25Cl2N5O2S/c1-3-4-11-34-24-29-23-28-14(2)20(22(27)32)21(31(23)30-24)17-7-5-6-8-19(17)33-13-15-9-10-16(25)12-18(15)26/h5-10,12,21H,3-4,11,13H2,1-2H3,(H2,27,32)(H,28,29,30). The molecule has 1 atom stereocenters. The number of nitrogens with zero attached hydrogens (tertiary/aromatic N) is 3. The molecular formula is C24H25Cl2N5O2S. The first-order chi connectivity index (χ1) is 16.4. The van der Waals surface area contributed by atoms with Crippen LogP contribution in [0.15, 0.2) is 58.9 Å². The van der Waals surface area contributed by atoms with Crippen LogP contribution < -0.4 is 15.8 Å². The van der Waals surface area contributed by atoms with Crippen molar-refractivity contribution >= 4 is 46.8 Å². The third kappa shape index (κ3) is 5.19. The number of carbonyl (C=O) groups excluding carboxylic acids is 1. The minimum absolute atomic E-state index is 0.231. The normalized spacial score (nSPS) is 15.1. The molecular weight excluding hydrogens is 493 g/mol. The van der Waals surface area contributed by atoms with E-state index in [-0.39, 0.29) is 6.61 Å². The summed E-state index contributed by atoms with van der Waals surface area (Å²) in [5, 5.41) is 9.60. The van der Waals surface area contributed by atoms with Crippen molar-refractivity contribution in [3.05, 3.63) is 74.9 Å². The molecule has 10 heteroatoms. The van der Waals surface area contributed by atoms with E-state index < -0.39 is 11.9 Å². The summed E-state index contributed by atoms with van der Waals surface area (Å²) >= 11 is 13.9. The SMILES string of the molecule is CCCCSc1nc2n(n1)C(c1ccccc1OCc1ccc(Cl)cc1Cl)C(C(N)=O)=C(C)N2. The molecule has 1 amide bonds. The number of hydrogen-bond acceptors (Lipinski definition) is 6. The van der Waals surface area contributed by atoms with E-state index in [0.717, 1.165) is 29.7 Å². The summed E-state index contributed by atoms with van der Waals surface area (Å²) in [6.07, 6.45) is 2.16. The van der Waals surface area contributed by atoms with Crippen LogP contribution >= 0.6 is 35.0 Å². The van der Waals surface area contributed by atoms with Gasteiger partial charge in [-0.3, -0.25) is 4.79 Å². The fraction of sp³-hybridized carbons (Fsp3) is 0.292. The Hall–Kier alpha value is -2.68. The highest BCUT2D eigenvalue weighted by Gasteiger charge is 2.35. The Labute approximate surface area is 212 Å². The number of anilines is 1. The molecule has 3 N–H and O–H groups in total. The molecule has 0 fully saturated rings. The van der Waals surface area contributed by atoms with Crippen molar-refractivity contribution in [3.8, 4) is 5.75 Å². The number of thioether (sulfide) groups is 1. The lowest BCUT2D eigenvalue weighted by molar-refractivity contribution is -0.115. The van der Waals surface area contributed by atoms with Crippen molar-refractivity contribution in [1.29, 1.82) is 0 Å². The molecule has 0 radical (unpaired) electrons. The number of fused-ring (bicyclic) bond motifs is 1. The van der Waals surface area contributed by atoms with E-state index in [2.05, 4.69) is 17.2 Å². The average Bonchev–Trinajstić information content (AvgIpc) is 3.20. The minimum atomic E-state index is -0.585. The van der Waals surface area contributed by atoms with E-state index in [1.165, 1.54) is 0 Å². The number of ether oxygens (including phenoxy) is 1. The zero-order chi connectivity index (χ0) is 24.2. The highest BCUT2D eigenvalue weighted by atomic mass is 35.5. The smallest absolute Gasteiger partial charge is 0.248 e. The highest BCUT2D eigenvalue weighted by Crippen LogP contribution is 2.40. The lowest BCUT2D eigenvalue weighted by Gasteiger charge is -2.28. The number of allylic oxidation sites excluding steroid dienone is 1. The molecule has 34 heavy (non-hydrogen) atoms. The fourth-order valence-corrected chi connectivity index (χ4v) is 5.11. The Morgan fingerprint density at radius 3 is 2.79 bits per heavy atom. The maximum absolute atomic E-state index is 12.5. The molecule has 2 heterocycles. The van der Waals surface area contributed by atoms with Gasteiger partial charge in [-0.15, -0.1) is 5.10 Å². The topological polar surface area (TPSA) is 95.1 Å². The summed E-state index contributed by atoms with van der Waals surface area (Å²) in [6.45, 7) is 4.19. The Balaban J connectivity index is 1.71. The van der Waals surface area contributed by atoms with Crippen LogP contribution in [0.3, 0.4) is 0 Å². The van der Waals surface area contributed by atoms with Crippen molar-refractivity contribution in [3.63, 3.8) is 0 Å². The van der Waals surface area contributed by atoms with E-state index >= 15 is 0 Å². The molecule has 1 aliphatic rings. The minimum Gasteiger partial charge on any atom is -0.488 e. The van der Waals surface area contributed by atoms with Gasteiger partial charge in [0.15, 0.2) is 0 Å². The van der Waals surface area contributed by atoms with Gasteiger partial charge in [0.25, 0.3) is 0 Å². The van der Waals surface area contributed by atoms with E-state index in [4.69, 9.17) is 38.8 Å². The predicted molar refractivity (Wildman–Crippen MR) is 137 cm³/mol. The van der Waals surface area contributed by atoms with Crippen molar-refractivity contribution < 1.29 is 9.53 Å². The summed E-state index contributed by atoms with van der Waals surface area (Å²) in [4.78, 5) is 17.2. The first-order valence-electron chi connectivity index (χ1n) is 10.9. The van der Waals surface area contributed by atoms with Gasteiger partial charge in [-0.25, -0.2) is 4.68 Å². The van der Waals surface area contributed by atoms with Gasteiger partial charge in [0.05, 0.1) is 5.57 Å².